The summed E-state index contributed by atoms with van der Waals surface area (Å²) in [5.74, 6) is 1.14. The molecule has 1 amide bonds. The van der Waals surface area contributed by atoms with Gasteiger partial charge < -0.3 is 14.6 Å². The number of ether oxygens (including phenoxy) is 1. The fourth-order valence-corrected chi connectivity index (χ4v) is 2.88. The van der Waals surface area contributed by atoms with Crippen LogP contribution in [0.15, 0.2) is 40.9 Å². The highest BCUT2D eigenvalue weighted by molar-refractivity contribution is 6.32. The van der Waals surface area contributed by atoms with Crippen LogP contribution in [0.25, 0.3) is 11.4 Å². The molecule has 0 aliphatic rings. The molecule has 3 rings (SSSR count). The third-order valence-corrected chi connectivity index (χ3v) is 4.85. The predicted octanol–water partition coefficient (Wildman–Crippen LogP) is 4.40. The Labute approximate surface area is 168 Å². The molecule has 1 atom stereocenters. The molecule has 1 unspecified atom stereocenters. The fraction of sp³-hybridized carbons (Fsp3) is 0.286. The molecule has 6 nitrogen and oxygen atoms in total. The van der Waals surface area contributed by atoms with Gasteiger partial charge in [0, 0.05) is 10.6 Å². The minimum Gasteiger partial charge on any atom is -0.481 e. The lowest BCUT2D eigenvalue weighted by atomic mass is 10.1. The summed E-state index contributed by atoms with van der Waals surface area (Å²) in [6.45, 7) is 7.60. The number of carbonyl (C=O) groups excluding carboxylic acids is 1. The average molecular weight is 400 g/mol. The van der Waals surface area contributed by atoms with Crippen molar-refractivity contribution in [2.45, 2.75) is 40.3 Å². The average Bonchev–Trinajstić information content (AvgIpc) is 3.13. The van der Waals surface area contributed by atoms with Crippen LogP contribution in [0.2, 0.25) is 5.02 Å². The first-order valence-corrected chi connectivity index (χ1v) is 9.32. The molecule has 3 aromatic rings. The zero-order valence-corrected chi connectivity index (χ0v) is 17.0. The monoisotopic (exact) mass is 399 g/mol. The van der Waals surface area contributed by atoms with Crippen molar-refractivity contribution in [1.29, 1.82) is 0 Å². The van der Waals surface area contributed by atoms with Gasteiger partial charge >= 0.3 is 0 Å². The zero-order valence-electron chi connectivity index (χ0n) is 16.2. The van der Waals surface area contributed by atoms with Crippen LogP contribution in [0.5, 0.6) is 5.75 Å². The van der Waals surface area contributed by atoms with Gasteiger partial charge in [0.1, 0.15) is 5.75 Å². The maximum Gasteiger partial charge on any atom is 0.261 e. The Balaban J connectivity index is 1.58. The number of aromatic nitrogens is 2. The maximum atomic E-state index is 12.3. The lowest BCUT2D eigenvalue weighted by molar-refractivity contribution is -0.127. The number of amides is 1. The van der Waals surface area contributed by atoms with E-state index in [1.165, 1.54) is 0 Å². The molecule has 0 fully saturated rings. The maximum absolute atomic E-state index is 12.3. The highest BCUT2D eigenvalue weighted by Gasteiger charge is 2.17. The van der Waals surface area contributed by atoms with Crippen molar-refractivity contribution in [3.63, 3.8) is 0 Å². The van der Waals surface area contributed by atoms with Crippen molar-refractivity contribution in [3.05, 3.63) is 64.0 Å². The number of nitrogens with one attached hydrogen (secondary N) is 1. The Bertz CT molecular complexity index is 977. The van der Waals surface area contributed by atoms with E-state index in [2.05, 4.69) is 15.5 Å². The van der Waals surface area contributed by atoms with Gasteiger partial charge in [0.25, 0.3) is 5.91 Å². The van der Waals surface area contributed by atoms with E-state index in [9.17, 15) is 4.79 Å². The minimum atomic E-state index is -0.681. The number of aryl methyl sites for hydroxylation is 3. The van der Waals surface area contributed by atoms with E-state index in [1.807, 2.05) is 57.2 Å². The Morgan fingerprint density at radius 1 is 1.21 bits per heavy atom. The summed E-state index contributed by atoms with van der Waals surface area (Å²) >= 11 is 6.16. The Morgan fingerprint density at radius 3 is 2.61 bits per heavy atom. The van der Waals surface area contributed by atoms with E-state index < -0.39 is 6.10 Å². The summed E-state index contributed by atoms with van der Waals surface area (Å²) in [7, 11) is 0. The second kappa shape index (κ2) is 8.44. The number of halogens is 1. The van der Waals surface area contributed by atoms with Crippen LogP contribution >= 0.6 is 11.6 Å². The standard InChI is InChI=1S/C21H22ClN3O3/c1-12-6-5-7-16(8-12)20-24-18(28-25-20)11-23-21(26)15(4)27-17-9-13(2)19(22)14(3)10-17/h5-10,15H,11H2,1-4H3,(H,23,26). The molecular weight excluding hydrogens is 378 g/mol. The molecule has 0 spiro atoms. The van der Waals surface area contributed by atoms with Gasteiger partial charge in [-0.1, -0.05) is 40.5 Å². The Kier molecular flexibility index (Phi) is 5.99. The second-order valence-corrected chi connectivity index (χ2v) is 7.11. The highest BCUT2D eigenvalue weighted by atomic mass is 35.5. The van der Waals surface area contributed by atoms with Gasteiger partial charge in [0.15, 0.2) is 6.10 Å². The van der Waals surface area contributed by atoms with E-state index in [0.717, 1.165) is 22.3 Å². The van der Waals surface area contributed by atoms with Gasteiger partial charge in [0.05, 0.1) is 6.54 Å². The molecule has 0 bridgehead atoms. The predicted molar refractivity (Wildman–Crippen MR) is 107 cm³/mol. The van der Waals surface area contributed by atoms with Gasteiger partial charge in [-0.3, -0.25) is 4.79 Å². The van der Waals surface area contributed by atoms with Crippen molar-refractivity contribution < 1.29 is 14.1 Å². The third-order valence-electron chi connectivity index (χ3n) is 4.25. The van der Waals surface area contributed by atoms with E-state index in [4.69, 9.17) is 20.9 Å². The lowest BCUT2D eigenvalue weighted by Gasteiger charge is -2.15. The summed E-state index contributed by atoms with van der Waals surface area (Å²) in [5, 5.41) is 7.41. The molecule has 7 heteroatoms. The van der Waals surface area contributed by atoms with Crippen LogP contribution in [0.3, 0.4) is 0 Å². The number of hydrogen-bond donors (Lipinski definition) is 1. The van der Waals surface area contributed by atoms with E-state index in [1.54, 1.807) is 6.92 Å². The summed E-state index contributed by atoms with van der Waals surface area (Å²) in [5.41, 5.74) is 3.78. The van der Waals surface area contributed by atoms with Gasteiger partial charge in [0.2, 0.25) is 11.7 Å². The van der Waals surface area contributed by atoms with Crippen molar-refractivity contribution >= 4 is 17.5 Å². The Morgan fingerprint density at radius 2 is 1.93 bits per heavy atom. The number of nitrogens with zero attached hydrogens (tertiary/aromatic N) is 2. The molecular formula is C21H22ClN3O3. The van der Waals surface area contributed by atoms with Crippen molar-refractivity contribution in [3.8, 4) is 17.1 Å². The second-order valence-electron chi connectivity index (χ2n) is 6.73. The van der Waals surface area contributed by atoms with Gasteiger partial charge in [-0.05, 0) is 57.0 Å². The van der Waals surface area contributed by atoms with Crippen LogP contribution in [0, 0.1) is 20.8 Å². The van der Waals surface area contributed by atoms with E-state index in [0.29, 0.717) is 22.5 Å². The van der Waals surface area contributed by atoms with Crippen LogP contribution in [0.4, 0.5) is 0 Å². The minimum absolute atomic E-state index is 0.129. The molecule has 0 radical (unpaired) electrons. The summed E-state index contributed by atoms with van der Waals surface area (Å²) in [6.07, 6.45) is -0.681. The molecule has 1 heterocycles. The number of rotatable bonds is 6. The van der Waals surface area contributed by atoms with Crippen molar-refractivity contribution in [2.24, 2.45) is 0 Å². The number of carbonyl (C=O) groups is 1. The normalized spacial score (nSPS) is 11.9. The van der Waals surface area contributed by atoms with E-state index in [-0.39, 0.29) is 12.5 Å². The van der Waals surface area contributed by atoms with Gasteiger partial charge in [-0.15, -0.1) is 0 Å². The number of benzene rings is 2. The first kappa shape index (κ1) is 19.9. The van der Waals surface area contributed by atoms with Crippen LogP contribution in [-0.2, 0) is 11.3 Å². The molecule has 0 aliphatic carbocycles. The van der Waals surface area contributed by atoms with Crippen LogP contribution < -0.4 is 10.1 Å². The third kappa shape index (κ3) is 4.70. The molecule has 1 N–H and O–H groups in total. The molecule has 0 aliphatic heterocycles. The quantitative estimate of drug-likeness (QED) is 0.664. The first-order valence-electron chi connectivity index (χ1n) is 8.94. The SMILES string of the molecule is Cc1cccc(-c2noc(CNC(=O)C(C)Oc3cc(C)c(Cl)c(C)c3)n2)c1. The van der Waals surface area contributed by atoms with Gasteiger partial charge in [-0.25, -0.2) is 0 Å². The van der Waals surface area contributed by atoms with Crippen molar-refractivity contribution in [1.82, 2.24) is 15.5 Å². The lowest BCUT2D eigenvalue weighted by Crippen LogP contribution is -2.36. The van der Waals surface area contributed by atoms with E-state index >= 15 is 0 Å². The molecule has 2 aromatic carbocycles. The highest BCUT2D eigenvalue weighted by Crippen LogP contribution is 2.26. The molecule has 0 saturated heterocycles. The first-order chi connectivity index (χ1) is 13.3. The van der Waals surface area contributed by atoms with Gasteiger partial charge in [-0.2, -0.15) is 4.98 Å². The van der Waals surface area contributed by atoms with Crippen molar-refractivity contribution in [2.75, 3.05) is 0 Å². The molecule has 28 heavy (non-hydrogen) atoms. The number of hydrogen-bond acceptors (Lipinski definition) is 5. The summed E-state index contributed by atoms with van der Waals surface area (Å²) < 4.78 is 11.0. The molecule has 1 aromatic heterocycles. The summed E-state index contributed by atoms with van der Waals surface area (Å²) in [6, 6.07) is 11.4. The van der Waals surface area contributed by atoms with Crippen LogP contribution in [0.1, 0.15) is 29.5 Å². The topological polar surface area (TPSA) is 77.2 Å². The summed E-state index contributed by atoms with van der Waals surface area (Å²) in [4.78, 5) is 16.6. The Hall–Kier alpha value is -2.86. The smallest absolute Gasteiger partial charge is 0.261 e. The van der Waals surface area contributed by atoms with Crippen LogP contribution in [-0.4, -0.2) is 22.2 Å². The fourth-order valence-electron chi connectivity index (χ4n) is 2.77. The zero-order chi connectivity index (χ0) is 20.3. The molecule has 146 valence electrons. The largest absolute Gasteiger partial charge is 0.481 e. The molecule has 0 saturated carbocycles.